The molecule has 4 aromatic heterocycles. The van der Waals surface area contributed by atoms with E-state index in [1.54, 1.807) is 31.4 Å². The molecule has 0 unspecified atom stereocenters. The standard InChI is InChI=1S/C24H18F3N7O2S/c1-29-10-18(9-28)17-8-21-20(30-11-17)12-32-34(21)37(35,36)23-13-31-22-7-4-16(14-33(22)23)15-2-5-19(6-3-15)24(25,26)27/h2-14,28-29H,1H3/b18-10+,28-9?. The molecule has 0 aliphatic carbocycles. The van der Waals surface area contributed by atoms with E-state index in [1.807, 2.05) is 0 Å². The highest BCUT2D eigenvalue weighted by molar-refractivity contribution is 7.90. The molecule has 0 amide bonds. The number of hydrogen-bond acceptors (Lipinski definition) is 7. The zero-order chi connectivity index (χ0) is 26.4. The van der Waals surface area contributed by atoms with E-state index in [2.05, 4.69) is 20.4 Å². The molecular formula is C24H18F3N7O2S. The largest absolute Gasteiger partial charge is 0.416 e. The Kier molecular flexibility index (Phi) is 5.79. The lowest BCUT2D eigenvalue weighted by molar-refractivity contribution is -0.137. The number of halogens is 3. The van der Waals surface area contributed by atoms with E-state index in [4.69, 9.17) is 5.41 Å². The Balaban J connectivity index is 1.61. The molecule has 9 nitrogen and oxygen atoms in total. The van der Waals surface area contributed by atoms with Gasteiger partial charge in [0.2, 0.25) is 0 Å². The fraction of sp³-hybridized carbons (Fsp3) is 0.0833. The summed E-state index contributed by atoms with van der Waals surface area (Å²) in [5, 5.41) is 14.3. The number of allylic oxidation sites excluding steroid dienone is 1. The predicted octanol–water partition coefficient (Wildman–Crippen LogP) is 4.21. The predicted molar refractivity (Wildman–Crippen MR) is 132 cm³/mol. The van der Waals surface area contributed by atoms with Crippen LogP contribution in [0.1, 0.15) is 11.1 Å². The van der Waals surface area contributed by atoms with Crippen LogP contribution in [0.25, 0.3) is 33.4 Å². The van der Waals surface area contributed by atoms with Crippen molar-refractivity contribution in [2.75, 3.05) is 7.05 Å². The molecule has 0 bridgehead atoms. The van der Waals surface area contributed by atoms with Gasteiger partial charge in [-0.15, -0.1) is 0 Å². The van der Waals surface area contributed by atoms with Gasteiger partial charge in [-0.3, -0.25) is 9.38 Å². The third-order valence-corrected chi connectivity index (χ3v) is 7.26. The van der Waals surface area contributed by atoms with Crippen LogP contribution in [0, 0.1) is 5.41 Å². The van der Waals surface area contributed by atoms with Gasteiger partial charge in [-0.05, 0) is 41.5 Å². The maximum atomic E-state index is 13.7. The van der Waals surface area contributed by atoms with Crippen LogP contribution in [0.2, 0.25) is 0 Å². The molecule has 0 saturated carbocycles. The summed E-state index contributed by atoms with van der Waals surface area (Å²) in [7, 11) is -2.59. The van der Waals surface area contributed by atoms with E-state index < -0.39 is 21.8 Å². The topological polar surface area (TPSA) is 118 Å². The van der Waals surface area contributed by atoms with E-state index >= 15 is 0 Å². The van der Waals surface area contributed by atoms with Gasteiger partial charge >= 0.3 is 16.2 Å². The number of nitrogens with zero attached hydrogens (tertiary/aromatic N) is 5. The molecule has 5 rings (SSSR count). The molecule has 0 saturated heterocycles. The van der Waals surface area contributed by atoms with Gasteiger partial charge in [0.1, 0.15) is 16.7 Å². The van der Waals surface area contributed by atoms with E-state index in [9.17, 15) is 21.6 Å². The lowest BCUT2D eigenvalue weighted by atomic mass is 10.1. The van der Waals surface area contributed by atoms with Gasteiger partial charge < -0.3 is 10.7 Å². The number of aromatic nitrogens is 5. The van der Waals surface area contributed by atoms with E-state index in [1.165, 1.54) is 41.3 Å². The normalized spacial score (nSPS) is 12.8. The van der Waals surface area contributed by atoms with Crippen molar-refractivity contribution in [2.24, 2.45) is 0 Å². The molecule has 5 aromatic rings. The van der Waals surface area contributed by atoms with E-state index in [-0.39, 0.29) is 10.5 Å². The molecule has 0 aliphatic heterocycles. The molecule has 13 heteroatoms. The number of alkyl halides is 3. The second-order valence-corrected chi connectivity index (χ2v) is 9.69. The van der Waals surface area contributed by atoms with Crippen LogP contribution in [0.3, 0.4) is 0 Å². The minimum atomic E-state index is -4.46. The smallest absolute Gasteiger partial charge is 0.393 e. The molecule has 37 heavy (non-hydrogen) atoms. The Hall–Kier alpha value is -4.52. The summed E-state index contributed by atoms with van der Waals surface area (Å²) in [6.07, 6.45) is 3.75. The zero-order valence-electron chi connectivity index (χ0n) is 19.1. The molecule has 0 fully saturated rings. The van der Waals surface area contributed by atoms with Crippen molar-refractivity contribution in [3.8, 4) is 11.1 Å². The quantitative estimate of drug-likeness (QED) is 0.321. The first-order chi connectivity index (χ1) is 17.6. The van der Waals surface area contributed by atoms with Gasteiger partial charge in [-0.2, -0.15) is 30.8 Å². The monoisotopic (exact) mass is 525 g/mol. The third-order valence-electron chi connectivity index (χ3n) is 5.69. The highest BCUT2D eigenvalue weighted by atomic mass is 32.2. The average molecular weight is 526 g/mol. The summed E-state index contributed by atoms with van der Waals surface area (Å²) in [6.45, 7) is 0. The molecule has 4 heterocycles. The summed E-state index contributed by atoms with van der Waals surface area (Å²) >= 11 is 0. The van der Waals surface area contributed by atoms with Gasteiger partial charge in [0.05, 0.1) is 18.0 Å². The van der Waals surface area contributed by atoms with Gasteiger partial charge in [0, 0.05) is 43.0 Å². The second kappa shape index (κ2) is 8.85. The highest BCUT2D eigenvalue weighted by Gasteiger charge is 2.30. The summed E-state index contributed by atoms with van der Waals surface area (Å²) in [5.74, 6) is 0. The minimum absolute atomic E-state index is 0.190. The Bertz CT molecular complexity index is 1790. The maximum absolute atomic E-state index is 13.7. The Morgan fingerprint density at radius 3 is 2.43 bits per heavy atom. The first-order valence-electron chi connectivity index (χ1n) is 10.8. The number of pyridine rings is 2. The van der Waals surface area contributed by atoms with Gasteiger partial charge in [0.15, 0.2) is 5.03 Å². The molecule has 0 radical (unpaired) electrons. The highest BCUT2D eigenvalue weighted by Crippen LogP contribution is 2.31. The van der Waals surface area contributed by atoms with Crippen molar-refractivity contribution in [1.29, 1.82) is 5.41 Å². The van der Waals surface area contributed by atoms with Crippen LogP contribution in [0.4, 0.5) is 13.2 Å². The second-order valence-electron chi connectivity index (χ2n) is 7.97. The first-order valence-corrected chi connectivity index (χ1v) is 12.2. The van der Waals surface area contributed by atoms with Crippen molar-refractivity contribution in [1.82, 2.24) is 28.9 Å². The Morgan fingerprint density at radius 2 is 1.76 bits per heavy atom. The molecule has 0 atom stereocenters. The molecule has 1 aromatic carbocycles. The fourth-order valence-electron chi connectivity index (χ4n) is 3.86. The lowest BCUT2D eigenvalue weighted by Gasteiger charge is -2.10. The summed E-state index contributed by atoms with van der Waals surface area (Å²) in [6, 6.07) is 9.37. The van der Waals surface area contributed by atoms with E-state index in [0.29, 0.717) is 33.4 Å². The maximum Gasteiger partial charge on any atom is 0.416 e. The van der Waals surface area contributed by atoms with Gasteiger partial charge in [-0.25, -0.2) is 4.98 Å². The van der Waals surface area contributed by atoms with E-state index in [0.717, 1.165) is 22.4 Å². The zero-order valence-corrected chi connectivity index (χ0v) is 19.9. The van der Waals surface area contributed by atoms with Crippen molar-refractivity contribution < 1.29 is 21.6 Å². The van der Waals surface area contributed by atoms with Crippen molar-refractivity contribution in [3.05, 3.63) is 84.6 Å². The molecule has 2 N–H and O–H groups in total. The number of fused-ring (bicyclic) bond motifs is 2. The van der Waals surface area contributed by atoms with Gasteiger partial charge in [0.25, 0.3) is 0 Å². The summed E-state index contributed by atoms with van der Waals surface area (Å²) in [5.41, 5.74) is 2.05. The Labute approximate surface area is 208 Å². The average Bonchev–Trinajstić information content (AvgIpc) is 3.51. The number of rotatable bonds is 6. The molecule has 188 valence electrons. The minimum Gasteiger partial charge on any atom is -0.393 e. The third kappa shape index (κ3) is 4.22. The van der Waals surface area contributed by atoms with Crippen molar-refractivity contribution >= 4 is 38.5 Å². The van der Waals surface area contributed by atoms with Crippen molar-refractivity contribution in [3.63, 3.8) is 0 Å². The van der Waals surface area contributed by atoms with Gasteiger partial charge in [-0.1, -0.05) is 12.1 Å². The fourth-order valence-corrected chi connectivity index (χ4v) is 5.19. The number of nitrogens with one attached hydrogen (secondary N) is 2. The van der Waals surface area contributed by atoms with Crippen LogP contribution < -0.4 is 5.32 Å². The first kappa shape index (κ1) is 24.2. The van der Waals surface area contributed by atoms with Crippen LogP contribution in [-0.4, -0.2) is 45.2 Å². The van der Waals surface area contributed by atoms with Crippen molar-refractivity contribution in [2.45, 2.75) is 11.2 Å². The number of imidazole rings is 1. The molecule has 0 aliphatic rings. The molecular weight excluding hydrogens is 507 g/mol. The lowest BCUT2D eigenvalue weighted by Crippen LogP contribution is -2.16. The summed E-state index contributed by atoms with van der Waals surface area (Å²) < 4.78 is 68.4. The van der Waals surface area contributed by atoms with Crippen LogP contribution in [-0.2, 0) is 16.2 Å². The number of benzene rings is 1. The van der Waals surface area contributed by atoms with Crippen LogP contribution >= 0.6 is 0 Å². The van der Waals surface area contributed by atoms with Crippen LogP contribution in [0.5, 0.6) is 0 Å². The van der Waals surface area contributed by atoms with Crippen LogP contribution in [0.15, 0.2) is 78.5 Å². The Morgan fingerprint density at radius 1 is 1.03 bits per heavy atom. The molecule has 0 spiro atoms. The SMILES string of the molecule is CN/C=C(\C=N)c1cnc2cnn(S(=O)(=O)c3cnc4ccc(-c5ccc(C(F)(F)F)cc5)cn34)c2c1. The number of hydrogen-bond donors (Lipinski definition) is 2. The summed E-state index contributed by atoms with van der Waals surface area (Å²) in [4.78, 5) is 8.44.